The largest absolute Gasteiger partial charge is 0.494 e. The van der Waals surface area contributed by atoms with Crippen molar-refractivity contribution < 1.29 is 9.53 Å². The quantitative estimate of drug-likeness (QED) is 0.628. The van der Waals surface area contributed by atoms with Gasteiger partial charge < -0.3 is 4.74 Å². The minimum atomic E-state index is -0.0142. The molecule has 0 saturated heterocycles. The number of aromatic nitrogens is 2. The third-order valence-corrected chi connectivity index (χ3v) is 3.04. The van der Waals surface area contributed by atoms with E-state index in [1.807, 2.05) is 32.0 Å². The molecule has 0 unspecified atom stereocenters. The molecule has 0 fully saturated rings. The summed E-state index contributed by atoms with van der Waals surface area (Å²) in [5.41, 5.74) is 1.68. The molecule has 5 heteroatoms. The van der Waals surface area contributed by atoms with Crippen LogP contribution in [0.4, 0.5) is 0 Å². The van der Waals surface area contributed by atoms with E-state index < -0.39 is 0 Å². The number of benzene rings is 1. The number of hydrogen-bond acceptors (Lipinski definition) is 5. The molecule has 0 bridgehead atoms. The van der Waals surface area contributed by atoms with Crippen LogP contribution in [0.1, 0.15) is 19.5 Å². The number of rotatable bonds is 3. The molecule has 0 N–H and O–H groups in total. The molecule has 0 amide bonds. The average Bonchev–Trinajstić information content (AvgIpc) is 2.29. The molecule has 18 heavy (non-hydrogen) atoms. The summed E-state index contributed by atoms with van der Waals surface area (Å²) >= 11 is 1.05. The maximum atomic E-state index is 11.1. The average molecular weight is 262 g/mol. The van der Waals surface area contributed by atoms with Gasteiger partial charge in [0, 0.05) is 18.0 Å². The molecule has 4 nitrogen and oxygen atoms in total. The van der Waals surface area contributed by atoms with E-state index >= 15 is 0 Å². The molecule has 94 valence electrons. The lowest BCUT2D eigenvalue weighted by molar-refractivity contribution is -0.109. The van der Waals surface area contributed by atoms with E-state index in [1.54, 1.807) is 0 Å². The maximum absolute atomic E-state index is 11.1. The Morgan fingerprint density at radius 3 is 2.83 bits per heavy atom. The smallest absolute Gasteiger partial charge is 0.196 e. The number of nitrogens with zero attached hydrogens (tertiary/aromatic N) is 2. The fourth-order valence-corrected chi connectivity index (χ4v) is 2.25. The molecule has 1 heterocycles. The second-order valence-electron chi connectivity index (χ2n) is 3.80. The van der Waals surface area contributed by atoms with Gasteiger partial charge in [-0.15, -0.1) is 0 Å². The first-order valence-electron chi connectivity index (χ1n) is 5.69. The van der Waals surface area contributed by atoms with Crippen LogP contribution in [0.5, 0.6) is 5.75 Å². The number of carbonyl (C=O) groups is 1. The van der Waals surface area contributed by atoms with Gasteiger partial charge in [-0.05, 0) is 43.8 Å². The van der Waals surface area contributed by atoms with Crippen molar-refractivity contribution in [3.8, 4) is 5.75 Å². The number of aryl methyl sites for hydroxylation is 1. The minimum absolute atomic E-state index is 0.0142. The second kappa shape index (κ2) is 5.35. The van der Waals surface area contributed by atoms with Crippen molar-refractivity contribution in [1.82, 2.24) is 9.97 Å². The minimum Gasteiger partial charge on any atom is -0.494 e. The van der Waals surface area contributed by atoms with E-state index in [9.17, 15) is 4.79 Å². The SMILES string of the molecule is CCOc1ccc2nc(SC(C)=O)nc(C)c2c1. The molecule has 0 atom stereocenters. The summed E-state index contributed by atoms with van der Waals surface area (Å²) in [6.45, 7) is 5.99. The maximum Gasteiger partial charge on any atom is 0.196 e. The van der Waals surface area contributed by atoms with Crippen molar-refractivity contribution in [1.29, 1.82) is 0 Å². The third-order valence-electron chi connectivity index (χ3n) is 2.38. The third kappa shape index (κ3) is 2.79. The predicted octanol–water partition coefficient (Wildman–Crippen LogP) is 2.98. The van der Waals surface area contributed by atoms with Crippen LogP contribution >= 0.6 is 11.8 Å². The molecule has 0 saturated carbocycles. The molecule has 2 aromatic rings. The van der Waals surface area contributed by atoms with Gasteiger partial charge in [0.1, 0.15) is 5.75 Å². The summed E-state index contributed by atoms with van der Waals surface area (Å²) in [7, 11) is 0. The summed E-state index contributed by atoms with van der Waals surface area (Å²) in [4.78, 5) is 19.7. The molecule has 0 aliphatic rings. The highest BCUT2D eigenvalue weighted by atomic mass is 32.2. The summed E-state index contributed by atoms with van der Waals surface area (Å²) < 4.78 is 5.45. The predicted molar refractivity (Wildman–Crippen MR) is 72.0 cm³/mol. The first-order valence-corrected chi connectivity index (χ1v) is 6.51. The number of ether oxygens (including phenoxy) is 1. The van der Waals surface area contributed by atoms with Crippen LogP contribution in [0.15, 0.2) is 23.4 Å². The van der Waals surface area contributed by atoms with Crippen LogP contribution in [0.25, 0.3) is 10.9 Å². The Morgan fingerprint density at radius 2 is 2.17 bits per heavy atom. The van der Waals surface area contributed by atoms with Crippen LogP contribution < -0.4 is 4.74 Å². The molecule has 1 aromatic heterocycles. The highest BCUT2D eigenvalue weighted by molar-refractivity contribution is 8.13. The Hall–Kier alpha value is -1.62. The van der Waals surface area contributed by atoms with E-state index in [0.717, 1.165) is 34.1 Å². The number of fused-ring (bicyclic) bond motifs is 1. The summed E-state index contributed by atoms with van der Waals surface area (Å²) in [6.07, 6.45) is 0. The van der Waals surface area contributed by atoms with E-state index in [0.29, 0.717) is 11.8 Å². The molecule has 0 aliphatic carbocycles. The monoisotopic (exact) mass is 262 g/mol. The molecule has 1 aromatic carbocycles. The van der Waals surface area contributed by atoms with Crippen molar-refractivity contribution in [2.75, 3.05) is 6.61 Å². The van der Waals surface area contributed by atoms with Crippen molar-refractivity contribution in [2.45, 2.75) is 25.9 Å². The first kappa shape index (κ1) is 12.8. The Labute approximate surface area is 110 Å². The van der Waals surface area contributed by atoms with Gasteiger partial charge in [-0.2, -0.15) is 0 Å². The molecule has 0 radical (unpaired) electrons. The van der Waals surface area contributed by atoms with E-state index in [1.165, 1.54) is 6.92 Å². The molecule has 0 spiro atoms. The Balaban J connectivity index is 2.48. The van der Waals surface area contributed by atoms with Crippen LogP contribution in [0.2, 0.25) is 0 Å². The Morgan fingerprint density at radius 1 is 1.39 bits per heavy atom. The van der Waals surface area contributed by atoms with Crippen molar-refractivity contribution >= 4 is 27.8 Å². The van der Waals surface area contributed by atoms with Crippen molar-refractivity contribution in [3.63, 3.8) is 0 Å². The van der Waals surface area contributed by atoms with Crippen molar-refractivity contribution in [3.05, 3.63) is 23.9 Å². The zero-order valence-corrected chi connectivity index (χ0v) is 11.4. The van der Waals surface area contributed by atoms with E-state index in [-0.39, 0.29) is 5.12 Å². The summed E-state index contributed by atoms with van der Waals surface area (Å²) in [5.74, 6) is 0.809. The molecular formula is C13H14N2O2S. The number of hydrogen-bond donors (Lipinski definition) is 0. The zero-order chi connectivity index (χ0) is 13.1. The molecule has 2 rings (SSSR count). The van der Waals surface area contributed by atoms with Gasteiger partial charge in [-0.3, -0.25) is 4.79 Å². The number of carbonyl (C=O) groups excluding carboxylic acids is 1. The van der Waals surface area contributed by atoms with Gasteiger partial charge in [-0.1, -0.05) is 0 Å². The normalized spacial score (nSPS) is 10.6. The van der Waals surface area contributed by atoms with Crippen LogP contribution in [-0.4, -0.2) is 21.7 Å². The van der Waals surface area contributed by atoms with Gasteiger partial charge >= 0.3 is 0 Å². The number of thioether (sulfide) groups is 1. The highest BCUT2D eigenvalue weighted by Gasteiger charge is 2.08. The standard InChI is InChI=1S/C13H14N2O2S/c1-4-17-10-5-6-12-11(7-10)8(2)14-13(15-12)18-9(3)16/h5-7H,4H2,1-3H3. The fraction of sp³-hybridized carbons (Fsp3) is 0.308. The van der Waals surface area contributed by atoms with E-state index in [2.05, 4.69) is 9.97 Å². The Bertz CT molecular complexity index is 599. The van der Waals surface area contributed by atoms with Gasteiger partial charge in [0.25, 0.3) is 0 Å². The van der Waals surface area contributed by atoms with Gasteiger partial charge in [0.2, 0.25) is 0 Å². The topological polar surface area (TPSA) is 52.1 Å². The van der Waals surface area contributed by atoms with Crippen LogP contribution in [0, 0.1) is 6.92 Å². The first-order chi connectivity index (χ1) is 8.60. The highest BCUT2D eigenvalue weighted by Crippen LogP contribution is 2.24. The second-order valence-corrected chi connectivity index (χ2v) is 4.94. The van der Waals surface area contributed by atoms with Crippen LogP contribution in [0.3, 0.4) is 0 Å². The van der Waals surface area contributed by atoms with Crippen LogP contribution in [-0.2, 0) is 4.79 Å². The lowest BCUT2D eigenvalue weighted by Crippen LogP contribution is -1.96. The zero-order valence-electron chi connectivity index (χ0n) is 10.6. The Kier molecular flexibility index (Phi) is 3.81. The van der Waals surface area contributed by atoms with Gasteiger partial charge in [0.05, 0.1) is 12.1 Å². The summed E-state index contributed by atoms with van der Waals surface area (Å²) in [6, 6.07) is 5.69. The molecule has 0 aliphatic heterocycles. The van der Waals surface area contributed by atoms with Gasteiger partial charge in [0.15, 0.2) is 10.3 Å². The summed E-state index contributed by atoms with van der Waals surface area (Å²) in [5, 5.41) is 1.44. The fourth-order valence-electron chi connectivity index (χ4n) is 1.66. The van der Waals surface area contributed by atoms with Gasteiger partial charge in [-0.25, -0.2) is 9.97 Å². The molecular weight excluding hydrogens is 248 g/mol. The lowest BCUT2D eigenvalue weighted by Gasteiger charge is -2.07. The lowest BCUT2D eigenvalue weighted by atomic mass is 10.2. The van der Waals surface area contributed by atoms with Crippen molar-refractivity contribution in [2.24, 2.45) is 0 Å². The van der Waals surface area contributed by atoms with E-state index in [4.69, 9.17) is 4.74 Å².